The minimum atomic E-state index is -1.05. The number of carbonyl (C=O) groups is 2. The highest BCUT2D eigenvalue weighted by molar-refractivity contribution is 6.30. The first kappa shape index (κ1) is 26.3. The molecule has 4 atom stereocenters. The first-order valence-corrected chi connectivity index (χ1v) is 12.8. The van der Waals surface area contributed by atoms with Gasteiger partial charge in [0.1, 0.15) is 17.9 Å². The lowest BCUT2D eigenvalue weighted by molar-refractivity contribution is -0.145. The second-order valence-corrected chi connectivity index (χ2v) is 11.2. The Labute approximate surface area is 217 Å². The number of hydrogen-bond acceptors (Lipinski definition) is 5. The average molecular weight is 515 g/mol. The Morgan fingerprint density at radius 2 is 1.83 bits per heavy atom. The predicted octanol–water partition coefficient (Wildman–Crippen LogP) is 5.67. The summed E-state index contributed by atoms with van der Waals surface area (Å²) in [4.78, 5) is 27.8. The molecule has 4 rings (SSSR count). The number of ether oxygens (including phenoxy) is 2. The molecule has 1 aliphatic heterocycles. The molecule has 2 aromatic carbocycles. The van der Waals surface area contributed by atoms with E-state index in [1.54, 1.807) is 13.2 Å². The zero-order valence-electron chi connectivity index (χ0n) is 21.2. The van der Waals surface area contributed by atoms with Crippen molar-refractivity contribution in [3.8, 4) is 5.75 Å². The van der Waals surface area contributed by atoms with Crippen molar-refractivity contribution in [1.82, 2.24) is 10.2 Å². The molecule has 194 valence electrons. The minimum absolute atomic E-state index is 0.154. The van der Waals surface area contributed by atoms with Crippen molar-refractivity contribution in [2.75, 3.05) is 7.11 Å². The van der Waals surface area contributed by atoms with Gasteiger partial charge in [-0.25, -0.2) is 9.59 Å². The second-order valence-electron chi connectivity index (χ2n) is 10.7. The van der Waals surface area contributed by atoms with E-state index < -0.39 is 35.5 Å². The summed E-state index contributed by atoms with van der Waals surface area (Å²) in [6.45, 7) is 6.45. The van der Waals surface area contributed by atoms with Crippen LogP contribution in [0.3, 0.4) is 0 Å². The zero-order valence-corrected chi connectivity index (χ0v) is 22.0. The van der Waals surface area contributed by atoms with Gasteiger partial charge in [-0.2, -0.15) is 0 Å². The highest BCUT2D eigenvalue weighted by atomic mass is 35.5. The number of benzene rings is 2. The van der Waals surface area contributed by atoms with Crippen LogP contribution in [0.1, 0.15) is 57.2 Å². The maximum atomic E-state index is 13.6. The second kappa shape index (κ2) is 10.7. The van der Waals surface area contributed by atoms with E-state index in [9.17, 15) is 14.7 Å². The van der Waals surface area contributed by atoms with Crippen molar-refractivity contribution in [2.24, 2.45) is 11.3 Å². The van der Waals surface area contributed by atoms with Crippen molar-refractivity contribution < 1.29 is 24.2 Å². The van der Waals surface area contributed by atoms with E-state index in [0.29, 0.717) is 17.3 Å². The number of carboxylic acids is 1. The summed E-state index contributed by atoms with van der Waals surface area (Å²) < 4.78 is 11.3. The Balaban J connectivity index is 1.77. The maximum Gasteiger partial charge on any atom is 0.411 e. The van der Waals surface area contributed by atoms with Crippen LogP contribution >= 0.6 is 11.6 Å². The molecule has 0 aromatic heterocycles. The fourth-order valence-electron chi connectivity index (χ4n) is 5.49. The molecule has 8 heteroatoms. The highest BCUT2D eigenvalue weighted by Gasteiger charge is 2.58. The number of carboxylic acid groups (broad SMARTS) is 1. The summed E-state index contributed by atoms with van der Waals surface area (Å²) in [5, 5.41) is 14.6. The highest BCUT2D eigenvalue weighted by Crippen LogP contribution is 2.48. The summed E-state index contributed by atoms with van der Waals surface area (Å²) in [7, 11) is 1.60. The molecule has 2 N–H and O–H groups in total. The Bertz CT molecular complexity index is 1080. The summed E-state index contributed by atoms with van der Waals surface area (Å²) in [6.07, 6.45) is 1.91. The van der Waals surface area contributed by atoms with Crippen molar-refractivity contribution >= 4 is 23.7 Å². The van der Waals surface area contributed by atoms with Crippen LogP contribution in [0.15, 0.2) is 48.5 Å². The van der Waals surface area contributed by atoms with E-state index in [-0.39, 0.29) is 12.1 Å². The first-order chi connectivity index (χ1) is 17.1. The van der Waals surface area contributed by atoms with Crippen LogP contribution in [0.2, 0.25) is 5.02 Å². The van der Waals surface area contributed by atoms with Crippen LogP contribution in [-0.4, -0.2) is 47.4 Å². The predicted molar refractivity (Wildman–Crippen MR) is 138 cm³/mol. The van der Waals surface area contributed by atoms with Gasteiger partial charge >= 0.3 is 12.1 Å². The third-order valence-electron chi connectivity index (χ3n) is 7.36. The number of halogens is 1. The van der Waals surface area contributed by atoms with E-state index in [4.69, 9.17) is 21.1 Å². The smallest absolute Gasteiger partial charge is 0.411 e. The number of likely N-dealkylation sites (tertiary alicyclic amines) is 1. The molecule has 1 saturated carbocycles. The minimum Gasteiger partial charge on any atom is -0.496 e. The quantitative estimate of drug-likeness (QED) is 0.495. The van der Waals surface area contributed by atoms with Gasteiger partial charge in [0.05, 0.1) is 13.2 Å². The Kier molecular flexibility index (Phi) is 7.81. The average Bonchev–Trinajstić information content (AvgIpc) is 3.16. The molecular formula is C28H35ClN2O5. The zero-order chi connectivity index (χ0) is 26.0. The third-order valence-corrected chi connectivity index (χ3v) is 7.60. The lowest BCUT2D eigenvalue weighted by Crippen LogP contribution is -2.48. The number of nitrogens with zero attached hydrogens (tertiary/aromatic N) is 1. The van der Waals surface area contributed by atoms with E-state index >= 15 is 0 Å². The van der Waals surface area contributed by atoms with Crippen LogP contribution in [0.4, 0.5) is 4.79 Å². The Hall–Kier alpha value is -2.77. The number of aliphatic carboxylic acids is 1. The van der Waals surface area contributed by atoms with Crippen LogP contribution in [0.25, 0.3) is 0 Å². The van der Waals surface area contributed by atoms with Gasteiger partial charge in [0.2, 0.25) is 0 Å². The molecule has 7 nitrogen and oxygen atoms in total. The number of hydrogen-bond donors (Lipinski definition) is 2. The van der Waals surface area contributed by atoms with Crippen molar-refractivity contribution in [3.63, 3.8) is 0 Å². The standard InChI is InChI=1S/C28H35ClN2O5/c1-28(2,3)22-23(30-16-18-15-19(29)13-14-21(18)35-4)24(17-9-6-5-7-10-17)31(25(22)26(32)33)27(34)36-20-11-8-12-20/h5-7,9-10,13-15,20,22-25,30H,8,11-12,16H2,1-4H3,(H,32,33)/t22-,23-,24-,25-/m1/s1. The molecule has 1 amide bonds. The number of methoxy groups -OCH3 is 1. The lowest BCUT2D eigenvalue weighted by atomic mass is 9.72. The summed E-state index contributed by atoms with van der Waals surface area (Å²) >= 11 is 6.26. The van der Waals surface area contributed by atoms with Gasteiger partial charge in [0.15, 0.2) is 0 Å². The summed E-state index contributed by atoms with van der Waals surface area (Å²) in [5.74, 6) is -0.755. The van der Waals surface area contributed by atoms with E-state index in [1.807, 2.05) is 63.2 Å². The fraction of sp³-hybridized carbons (Fsp3) is 0.500. The van der Waals surface area contributed by atoms with Crippen molar-refractivity contribution in [1.29, 1.82) is 0 Å². The van der Waals surface area contributed by atoms with Crippen molar-refractivity contribution in [3.05, 3.63) is 64.7 Å². The molecule has 1 saturated heterocycles. The molecule has 2 aromatic rings. The molecule has 2 aliphatic rings. The van der Waals surface area contributed by atoms with E-state index in [0.717, 1.165) is 30.4 Å². The topological polar surface area (TPSA) is 88.1 Å². The molecule has 1 aliphatic carbocycles. The number of carbonyl (C=O) groups excluding carboxylic acids is 1. The van der Waals surface area contributed by atoms with Gasteiger partial charge in [0, 0.05) is 29.1 Å². The summed E-state index contributed by atoms with van der Waals surface area (Å²) in [5.41, 5.74) is 1.28. The molecule has 0 unspecified atom stereocenters. The Morgan fingerprint density at radius 1 is 1.14 bits per heavy atom. The van der Waals surface area contributed by atoms with Gasteiger partial charge in [-0.05, 0) is 48.4 Å². The van der Waals surface area contributed by atoms with Gasteiger partial charge in [0.25, 0.3) is 0 Å². The molecule has 0 bridgehead atoms. The molecule has 1 heterocycles. The first-order valence-electron chi connectivity index (χ1n) is 12.4. The van der Waals surface area contributed by atoms with Gasteiger partial charge in [-0.15, -0.1) is 0 Å². The Morgan fingerprint density at radius 3 is 2.39 bits per heavy atom. The third kappa shape index (κ3) is 5.32. The van der Waals surface area contributed by atoms with Gasteiger partial charge in [-0.1, -0.05) is 62.7 Å². The normalized spacial score (nSPS) is 24.3. The molecular weight excluding hydrogens is 480 g/mol. The fourth-order valence-corrected chi connectivity index (χ4v) is 5.68. The van der Waals surface area contributed by atoms with Gasteiger partial charge in [-0.3, -0.25) is 4.90 Å². The number of rotatable bonds is 7. The van der Waals surface area contributed by atoms with Crippen LogP contribution in [0.5, 0.6) is 5.75 Å². The molecule has 0 spiro atoms. The molecule has 36 heavy (non-hydrogen) atoms. The largest absolute Gasteiger partial charge is 0.496 e. The van der Waals surface area contributed by atoms with Crippen molar-refractivity contribution in [2.45, 2.75) is 70.8 Å². The molecule has 2 fully saturated rings. The van der Waals surface area contributed by atoms with E-state index in [2.05, 4.69) is 5.32 Å². The van der Waals surface area contributed by atoms with Crippen LogP contribution < -0.4 is 10.1 Å². The van der Waals surface area contributed by atoms with Gasteiger partial charge < -0.3 is 19.9 Å². The van der Waals surface area contributed by atoms with E-state index in [1.165, 1.54) is 4.90 Å². The SMILES string of the molecule is COc1ccc(Cl)cc1CN[C@@H]1[C@@H](C(C)(C)C)[C@H](C(=O)O)N(C(=O)OC2CCC2)[C@@H]1c1ccccc1. The van der Waals surface area contributed by atoms with Crippen LogP contribution in [0, 0.1) is 11.3 Å². The molecule has 0 radical (unpaired) electrons. The summed E-state index contributed by atoms with van der Waals surface area (Å²) in [6, 6.07) is 13.1. The monoisotopic (exact) mass is 514 g/mol. The maximum absolute atomic E-state index is 13.6. The number of nitrogens with one attached hydrogen (secondary N) is 1. The van der Waals surface area contributed by atoms with Crippen LogP contribution in [-0.2, 0) is 16.1 Å². The lowest BCUT2D eigenvalue weighted by Gasteiger charge is -2.35. The number of amides is 1.